The molecule has 0 amide bonds. The Morgan fingerprint density at radius 2 is 2.04 bits per heavy atom. The van der Waals surface area contributed by atoms with Gasteiger partial charge in [0.15, 0.2) is 19.8 Å². The molecule has 0 saturated carbocycles. The maximum Gasteiger partial charge on any atom is 0.231 e. The molecule has 0 N–H and O–H groups in total. The molecule has 0 aromatic heterocycles. The molecule has 1 aromatic carbocycles. The largest absolute Gasteiger partial charge is 0.492 e. The lowest BCUT2D eigenvalue weighted by Crippen LogP contribution is -2.54. The van der Waals surface area contributed by atoms with Crippen molar-refractivity contribution in [1.29, 1.82) is 0 Å². The van der Waals surface area contributed by atoms with E-state index in [1.54, 1.807) is 14.2 Å². The molecule has 1 fully saturated rings. The predicted molar refractivity (Wildman–Crippen MR) is 108 cm³/mol. The van der Waals surface area contributed by atoms with E-state index in [4.69, 9.17) is 23.4 Å². The number of ether oxygens (including phenoxy) is 4. The molecule has 1 unspecified atom stereocenters. The van der Waals surface area contributed by atoms with Gasteiger partial charge in [-0.25, -0.2) is 0 Å². The summed E-state index contributed by atoms with van der Waals surface area (Å²) in [6.45, 7) is 8.79. The molecular formula is C21H29NO5Si. The van der Waals surface area contributed by atoms with Gasteiger partial charge in [0.2, 0.25) is 12.5 Å². The number of hydrogen-bond acceptors (Lipinski definition) is 6. The van der Waals surface area contributed by atoms with E-state index in [9.17, 15) is 0 Å². The lowest BCUT2D eigenvalue weighted by atomic mass is 9.65. The highest BCUT2D eigenvalue weighted by Crippen LogP contribution is 2.58. The van der Waals surface area contributed by atoms with Crippen LogP contribution in [0.15, 0.2) is 18.2 Å². The fourth-order valence-corrected chi connectivity index (χ4v) is 6.63. The quantitative estimate of drug-likeness (QED) is 0.569. The topological polar surface area (TPSA) is 49.4 Å². The summed E-state index contributed by atoms with van der Waals surface area (Å²) in [6.07, 6.45) is 5.79. The lowest BCUT2D eigenvalue weighted by Gasteiger charge is -2.48. The van der Waals surface area contributed by atoms with E-state index >= 15 is 0 Å². The van der Waals surface area contributed by atoms with E-state index < -0.39 is 8.32 Å². The van der Waals surface area contributed by atoms with Crippen LogP contribution in [0.25, 0.3) is 0 Å². The van der Waals surface area contributed by atoms with Gasteiger partial charge in [-0.1, -0.05) is 12.2 Å². The van der Waals surface area contributed by atoms with Crippen molar-refractivity contribution >= 4 is 8.32 Å². The van der Waals surface area contributed by atoms with Crippen molar-refractivity contribution < 1.29 is 23.4 Å². The molecule has 0 radical (unpaired) electrons. The minimum Gasteiger partial charge on any atom is -0.492 e. The second-order valence-corrected chi connectivity index (χ2v) is 13.6. The van der Waals surface area contributed by atoms with Gasteiger partial charge in [-0.15, -0.1) is 0 Å². The van der Waals surface area contributed by atoms with Crippen LogP contribution in [0.4, 0.5) is 0 Å². The fourth-order valence-electron chi connectivity index (χ4n) is 5.50. The molecular weight excluding hydrogens is 374 g/mol. The van der Waals surface area contributed by atoms with Gasteiger partial charge in [-0.05, 0) is 37.7 Å². The molecule has 1 saturated heterocycles. The zero-order chi connectivity index (χ0) is 19.7. The number of fused-ring (bicyclic) bond motifs is 2. The average Bonchev–Trinajstić information content (AvgIpc) is 3.20. The smallest absolute Gasteiger partial charge is 0.231 e. The predicted octanol–water partition coefficient (Wildman–Crippen LogP) is 3.05. The fraction of sp³-hybridized carbons (Fsp3) is 0.619. The van der Waals surface area contributed by atoms with E-state index in [2.05, 4.69) is 42.8 Å². The lowest BCUT2D eigenvalue weighted by molar-refractivity contribution is 0.0675. The zero-order valence-electron chi connectivity index (χ0n) is 17.3. The van der Waals surface area contributed by atoms with E-state index in [-0.39, 0.29) is 24.4 Å². The van der Waals surface area contributed by atoms with Gasteiger partial charge in [-0.3, -0.25) is 4.90 Å². The van der Waals surface area contributed by atoms with Crippen molar-refractivity contribution in [2.45, 2.75) is 56.3 Å². The molecule has 0 spiro atoms. The highest BCUT2D eigenvalue weighted by molar-refractivity contribution is 6.69. The van der Waals surface area contributed by atoms with Crippen LogP contribution in [0.3, 0.4) is 0 Å². The summed E-state index contributed by atoms with van der Waals surface area (Å²) >= 11 is 0. The molecule has 3 aliphatic heterocycles. The number of hydrogen-bond donors (Lipinski definition) is 0. The summed E-state index contributed by atoms with van der Waals surface area (Å²) in [4.78, 5) is 2.55. The van der Waals surface area contributed by atoms with Crippen molar-refractivity contribution in [1.82, 2.24) is 4.90 Å². The molecule has 4 aliphatic rings. The van der Waals surface area contributed by atoms with Crippen LogP contribution in [0.1, 0.15) is 17.5 Å². The Hall–Kier alpha value is -1.54. The first-order valence-electron chi connectivity index (χ1n) is 10.0. The maximum absolute atomic E-state index is 6.78. The van der Waals surface area contributed by atoms with Gasteiger partial charge in [-0.2, -0.15) is 0 Å². The molecule has 7 heteroatoms. The van der Waals surface area contributed by atoms with Crippen LogP contribution in [0, 0.1) is 0 Å². The SMILES string of the molecule is COc1c2c(cc3c1OCO3)[C@]13C=C[C@H](OC)C[C@H]1N(C2)C[C@H]3O[Si](C)(C)C. The first-order valence-corrected chi connectivity index (χ1v) is 13.4. The van der Waals surface area contributed by atoms with Crippen LogP contribution in [-0.4, -0.2) is 59.0 Å². The van der Waals surface area contributed by atoms with Crippen LogP contribution in [0.2, 0.25) is 19.6 Å². The summed E-state index contributed by atoms with van der Waals surface area (Å²) in [7, 11) is 1.77. The number of nitrogens with zero attached hydrogens (tertiary/aromatic N) is 1. The van der Waals surface area contributed by atoms with E-state index in [1.165, 1.54) is 11.1 Å². The highest BCUT2D eigenvalue weighted by atomic mass is 28.4. The molecule has 1 aliphatic carbocycles. The Labute approximate surface area is 167 Å². The molecule has 5 rings (SSSR count). The van der Waals surface area contributed by atoms with E-state index in [1.807, 2.05) is 0 Å². The third-order valence-corrected chi connectivity index (χ3v) is 7.51. The number of rotatable bonds is 4. The van der Waals surface area contributed by atoms with Crippen LogP contribution in [-0.2, 0) is 21.1 Å². The van der Waals surface area contributed by atoms with Crippen molar-refractivity contribution in [3.05, 3.63) is 29.3 Å². The maximum atomic E-state index is 6.78. The molecule has 152 valence electrons. The summed E-state index contributed by atoms with van der Waals surface area (Å²) in [5, 5.41) is 0. The van der Waals surface area contributed by atoms with E-state index in [0.29, 0.717) is 6.04 Å². The summed E-state index contributed by atoms with van der Waals surface area (Å²) in [5.74, 6) is 2.32. The van der Waals surface area contributed by atoms with Crippen molar-refractivity contribution in [2.24, 2.45) is 0 Å². The minimum absolute atomic E-state index is 0.115. The van der Waals surface area contributed by atoms with Gasteiger partial charge in [0.05, 0.1) is 24.7 Å². The van der Waals surface area contributed by atoms with Crippen LogP contribution >= 0.6 is 0 Å². The number of benzene rings is 1. The van der Waals surface area contributed by atoms with Crippen molar-refractivity contribution in [3.63, 3.8) is 0 Å². The third kappa shape index (κ3) is 2.49. The van der Waals surface area contributed by atoms with Crippen LogP contribution in [0.5, 0.6) is 17.2 Å². The molecule has 6 nitrogen and oxygen atoms in total. The highest BCUT2D eigenvalue weighted by Gasteiger charge is 2.60. The normalized spacial score (nSPS) is 34.9. The minimum atomic E-state index is -1.73. The zero-order valence-corrected chi connectivity index (χ0v) is 18.3. The van der Waals surface area contributed by atoms with E-state index in [0.717, 1.165) is 36.8 Å². The van der Waals surface area contributed by atoms with Gasteiger partial charge in [0, 0.05) is 31.8 Å². The van der Waals surface area contributed by atoms with Crippen molar-refractivity contribution in [2.75, 3.05) is 27.6 Å². The van der Waals surface area contributed by atoms with Gasteiger partial charge < -0.3 is 23.4 Å². The van der Waals surface area contributed by atoms with Gasteiger partial charge in [0.25, 0.3) is 0 Å². The Bertz CT molecular complexity index is 835. The first-order chi connectivity index (χ1) is 13.4. The first kappa shape index (κ1) is 18.5. The van der Waals surface area contributed by atoms with Crippen LogP contribution < -0.4 is 14.2 Å². The summed E-state index contributed by atoms with van der Waals surface area (Å²) in [5.41, 5.74) is 2.25. The average molecular weight is 404 g/mol. The molecule has 28 heavy (non-hydrogen) atoms. The molecule has 1 aromatic rings. The second kappa shape index (κ2) is 6.23. The molecule has 5 atom stereocenters. The van der Waals surface area contributed by atoms with Crippen molar-refractivity contribution in [3.8, 4) is 17.2 Å². The second-order valence-electron chi connectivity index (χ2n) is 9.14. The standard InChI is InChI=1S/C21H29NO5Si/c1-23-13-6-7-21-15-9-16-20(26-12-25-16)19(24-2)14(15)10-22(17(21)8-13)11-18(21)27-28(3,4)5/h6-7,9,13,17-18H,8,10-12H2,1-5H3/t13-,17+,18+,21+/m0/s1. The monoisotopic (exact) mass is 403 g/mol. The Kier molecular flexibility index (Phi) is 4.11. The summed E-state index contributed by atoms with van der Waals surface area (Å²) in [6, 6.07) is 2.52. The Morgan fingerprint density at radius 1 is 1.21 bits per heavy atom. The molecule has 3 heterocycles. The van der Waals surface area contributed by atoms with Gasteiger partial charge >= 0.3 is 0 Å². The van der Waals surface area contributed by atoms with Gasteiger partial charge in [0.1, 0.15) is 0 Å². The summed E-state index contributed by atoms with van der Waals surface area (Å²) < 4.78 is 29.8. The third-order valence-electron chi connectivity index (χ3n) is 6.52. The number of methoxy groups -OCH3 is 2. The molecule has 2 bridgehead atoms. The Balaban J connectivity index is 1.72. The Morgan fingerprint density at radius 3 is 2.75 bits per heavy atom.